The maximum Gasteiger partial charge on any atom is 0.323 e. The van der Waals surface area contributed by atoms with Crippen LogP contribution in [0.1, 0.15) is 5.69 Å². The summed E-state index contributed by atoms with van der Waals surface area (Å²) in [6.45, 7) is 1.21. The number of halogens is 1. The fraction of sp³-hybridized carbons (Fsp3) is 0.125. The molecule has 124 valence electrons. The fourth-order valence-electron chi connectivity index (χ4n) is 2.67. The smallest absolute Gasteiger partial charge is 0.323 e. The number of hydrogen-bond donors (Lipinski definition) is 1. The first-order valence-electron chi connectivity index (χ1n) is 6.98. The molecule has 8 heteroatoms. The Morgan fingerprint density at radius 1 is 1.25 bits per heavy atom. The van der Waals surface area contributed by atoms with Crippen molar-refractivity contribution in [2.75, 3.05) is 0 Å². The van der Waals surface area contributed by atoms with Gasteiger partial charge in [0, 0.05) is 22.3 Å². The molecule has 0 aliphatic rings. The van der Waals surface area contributed by atoms with Crippen molar-refractivity contribution in [2.24, 2.45) is 0 Å². The lowest BCUT2D eigenvalue weighted by Gasteiger charge is -2.07. The molecule has 0 aliphatic heterocycles. The standard InChI is InChI=1S/C16H13ClN2O4S/c1-10-15(24(22,23)12-6-4-11(17)5-7-12)13-3-2-8-18-16(13)19(10)9-14(20)21/h2-8H,9H2,1H3,(H,20,21). The van der Waals surface area contributed by atoms with Crippen LogP contribution in [-0.2, 0) is 21.2 Å². The molecule has 0 spiro atoms. The number of carbonyl (C=O) groups is 1. The summed E-state index contributed by atoms with van der Waals surface area (Å²) in [7, 11) is -3.84. The quantitative estimate of drug-likeness (QED) is 0.768. The number of aliphatic carboxylic acids is 1. The molecule has 1 aromatic carbocycles. The zero-order valence-electron chi connectivity index (χ0n) is 12.6. The number of fused-ring (bicyclic) bond motifs is 1. The van der Waals surface area contributed by atoms with E-state index >= 15 is 0 Å². The Morgan fingerprint density at radius 2 is 1.92 bits per heavy atom. The van der Waals surface area contributed by atoms with Crippen molar-refractivity contribution < 1.29 is 18.3 Å². The van der Waals surface area contributed by atoms with E-state index in [1.54, 1.807) is 19.1 Å². The molecule has 0 radical (unpaired) electrons. The Labute approximate surface area is 143 Å². The maximum atomic E-state index is 13.0. The van der Waals surface area contributed by atoms with Gasteiger partial charge in [-0.1, -0.05) is 11.6 Å². The minimum Gasteiger partial charge on any atom is -0.480 e. The van der Waals surface area contributed by atoms with E-state index in [9.17, 15) is 13.2 Å². The third-order valence-corrected chi connectivity index (χ3v) is 5.90. The molecule has 0 amide bonds. The number of rotatable bonds is 4. The Balaban J connectivity index is 2.31. The van der Waals surface area contributed by atoms with E-state index in [4.69, 9.17) is 16.7 Å². The molecular formula is C16H13ClN2O4S. The summed E-state index contributed by atoms with van der Waals surface area (Å²) < 4.78 is 27.5. The van der Waals surface area contributed by atoms with E-state index in [2.05, 4.69) is 4.98 Å². The number of benzene rings is 1. The minimum atomic E-state index is -3.84. The van der Waals surface area contributed by atoms with Crippen LogP contribution in [0, 0.1) is 6.92 Å². The average Bonchev–Trinajstić information content (AvgIpc) is 2.80. The first kappa shape index (κ1) is 16.5. The van der Waals surface area contributed by atoms with Gasteiger partial charge >= 0.3 is 5.97 Å². The molecule has 0 unspecified atom stereocenters. The first-order valence-corrected chi connectivity index (χ1v) is 8.84. The number of hydrogen-bond acceptors (Lipinski definition) is 4. The van der Waals surface area contributed by atoms with E-state index in [0.29, 0.717) is 21.7 Å². The minimum absolute atomic E-state index is 0.0640. The van der Waals surface area contributed by atoms with Crippen LogP contribution in [0.3, 0.4) is 0 Å². The molecule has 3 rings (SSSR count). The van der Waals surface area contributed by atoms with Gasteiger partial charge < -0.3 is 9.67 Å². The van der Waals surface area contributed by atoms with Gasteiger partial charge in [-0.25, -0.2) is 13.4 Å². The lowest BCUT2D eigenvalue weighted by molar-refractivity contribution is -0.137. The lowest BCUT2D eigenvalue weighted by atomic mass is 10.3. The normalized spacial score (nSPS) is 11.8. The van der Waals surface area contributed by atoms with Crippen LogP contribution in [-0.4, -0.2) is 29.0 Å². The summed E-state index contributed by atoms with van der Waals surface area (Å²) in [6.07, 6.45) is 1.50. The summed E-state index contributed by atoms with van der Waals surface area (Å²) in [6, 6.07) is 9.09. The van der Waals surface area contributed by atoms with E-state index in [1.165, 1.54) is 35.0 Å². The molecule has 0 aliphatic carbocycles. The van der Waals surface area contributed by atoms with Gasteiger partial charge in [0.2, 0.25) is 9.84 Å². The third-order valence-electron chi connectivity index (χ3n) is 3.71. The van der Waals surface area contributed by atoms with E-state index in [0.717, 1.165) is 0 Å². The molecule has 2 aromatic heterocycles. The van der Waals surface area contributed by atoms with Crippen molar-refractivity contribution in [3.8, 4) is 0 Å². The number of sulfone groups is 1. The van der Waals surface area contributed by atoms with Crippen LogP contribution in [0.25, 0.3) is 11.0 Å². The highest BCUT2D eigenvalue weighted by atomic mass is 35.5. The monoisotopic (exact) mass is 364 g/mol. The molecule has 0 saturated carbocycles. The second-order valence-electron chi connectivity index (χ2n) is 5.23. The van der Waals surface area contributed by atoms with Crippen LogP contribution in [0.4, 0.5) is 0 Å². The summed E-state index contributed by atoms with van der Waals surface area (Å²) >= 11 is 5.82. The van der Waals surface area contributed by atoms with Gasteiger partial charge in [-0.3, -0.25) is 4.79 Å². The Bertz CT molecular complexity index is 1040. The lowest BCUT2D eigenvalue weighted by Crippen LogP contribution is -2.11. The third kappa shape index (κ3) is 2.65. The zero-order chi connectivity index (χ0) is 17.5. The van der Waals surface area contributed by atoms with Crippen molar-refractivity contribution in [1.82, 2.24) is 9.55 Å². The van der Waals surface area contributed by atoms with Gasteiger partial charge in [0.15, 0.2) is 0 Å². The Morgan fingerprint density at radius 3 is 2.54 bits per heavy atom. The molecule has 0 bridgehead atoms. The van der Waals surface area contributed by atoms with E-state index in [-0.39, 0.29) is 16.3 Å². The highest BCUT2D eigenvalue weighted by Crippen LogP contribution is 2.33. The largest absolute Gasteiger partial charge is 0.480 e. The molecular weight excluding hydrogens is 352 g/mol. The highest BCUT2D eigenvalue weighted by molar-refractivity contribution is 7.91. The number of nitrogens with zero attached hydrogens (tertiary/aromatic N) is 2. The maximum absolute atomic E-state index is 13.0. The van der Waals surface area contributed by atoms with Crippen molar-refractivity contribution in [3.63, 3.8) is 0 Å². The van der Waals surface area contributed by atoms with Crippen molar-refractivity contribution >= 4 is 38.4 Å². The zero-order valence-corrected chi connectivity index (χ0v) is 14.2. The molecule has 0 saturated heterocycles. The number of pyridine rings is 1. The van der Waals surface area contributed by atoms with Gasteiger partial charge in [-0.2, -0.15) is 0 Å². The van der Waals surface area contributed by atoms with Gasteiger partial charge in [0.05, 0.1) is 4.90 Å². The Hall–Kier alpha value is -2.38. The van der Waals surface area contributed by atoms with E-state index in [1.807, 2.05) is 0 Å². The van der Waals surface area contributed by atoms with Crippen molar-refractivity contribution in [1.29, 1.82) is 0 Å². The van der Waals surface area contributed by atoms with Crippen LogP contribution in [0.15, 0.2) is 52.4 Å². The number of carboxylic acid groups (broad SMARTS) is 1. The SMILES string of the molecule is Cc1c(S(=O)(=O)c2ccc(Cl)cc2)c2cccnc2n1CC(=O)O. The summed E-state index contributed by atoms with van der Waals surface area (Å²) in [4.78, 5) is 15.4. The van der Waals surface area contributed by atoms with Crippen LogP contribution < -0.4 is 0 Å². The van der Waals surface area contributed by atoms with Crippen LogP contribution >= 0.6 is 11.6 Å². The summed E-state index contributed by atoms with van der Waals surface area (Å²) in [5.41, 5.74) is 0.658. The summed E-state index contributed by atoms with van der Waals surface area (Å²) in [5.74, 6) is -1.07. The highest BCUT2D eigenvalue weighted by Gasteiger charge is 2.28. The van der Waals surface area contributed by atoms with Crippen LogP contribution in [0.2, 0.25) is 5.02 Å². The van der Waals surface area contributed by atoms with Gasteiger partial charge in [-0.05, 0) is 43.3 Å². The summed E-state index contributed by atoms with van der Waals surface area (Å²) in [5, 5.41) is 9.92. The first-order chi connectivity index (χ1) is 11.3. The Kier molecular flexibility index (Phi) is 4.06. The van der Waals surface area contributed by atoms with Gasteiger partial charge in [-0.15, -0.1) is 0 Å². The van der Waals surface area contributed by atoms with Crippen LogP contribution in [0.5, 0.6) is 0 Å². The van der Waals surface area contributed by atoms with Crippen molar-refractivity contribution in [3.05, 3.63) is 53.3 Å². The van der Waals surface area contributed by atoms with Crippen molar-refractivity contribution in [2.45, 2.75) is 23.3 Å². The molecule has 3 aromatic rings. The number of carboxylic acids is 1. The topological polar surface area (TPSA) is 89.3 Å². The molecule has 6 nitrogen and oxygen atoms in total. The average molecular weight is 365 g/mol. The molecule has 0 atom stereocenters. The second-order valence-corrected chi connectivity index (χ2v) is 7.55. The molecule has 24 heavy (non-hydrogen) atoms. The predicted molar refractivity (Wildman–Crippen MR) is 89.0 cm³/mol. The van der Waals surface area contributed by atoms with Gasteiger partial charge in [0.1, 0.15) is 17.1 Å². The molecule has 1 N–H and O–H groups in total. The number of aromatic nitrogens is 2. The predicted octanol–water partition coefficient (Wildman–Crippen LogP) is 2.92. The van der Waals surface area contributed by atoms with Gasteiger partial charge in [0.25, 0.3) is 0 Å². The van der Waals surface area contributed by atoms with E-state index < -0.39 is 15.8 Å². The fourth-order valence-corrected chi connectivity index (χ4v) is 4.47. The molecule has 2 heterocycles. The second kappa shape index (κ2) is 5.92. The molecule has 0 fully saturated rings.